The molecule has 0 spiro atoms. The lowest BCUT2D eigenvalue weighted by Gasteiger charge is -2.51. The lowest BCUT2D eigenvalue weighted by atomic mass is 9.80. The van der Waals surface area contributed by atoms with Crippen molar-refractivity contribution in [2.24, 2.45) is 11.8 Å². The Labute approximate surface area is 87.4 Å². The van der Waals surface area contributed by atoms with Crippen LogP contribution in [0.2, 0.25) is 0 Å². The summed E-state index contributed by atoms with van der Waals surface area (Å²) in [6.07, 6.45) is 0.288. The molecule has 14 heavy (non-hydrogen) atoms. The SMILES string of the molecule is COC1C(C)CN(C)C(C)(OC)C1C. The van der Waals surface area contributed by atoms with Crippen molar-refractivity contribution >= 4 is 0 Å². The van der Waals surface area contributed by atoms with Crippen LogP contribution in [0.1, 0.15) is 20.8 Å². The molecule has 1 rings (SSSR count). The molecule has 1 saturated heterocycles. The van der Waals surface area contributed by atoms with Gasteiger partial charge in [0.15, 0.2) is 0 Å². The van der Waals surface area contributed by atoms with Crippen LogP contribution in [0.5, 0.6) is 0 Å². The van der Waals surface area contributed by atoms with Gasteiger partial charge in [-0.05, 0) is 19.9 Å². The van der Waals surface area contributed by atoms with E-state index in [1.165, 1.54) is 0 Å². The molecule has 0 aliphatic carbocycles. The molecular formula is C11H23NO2. The first kappa shape index (κ1) is 12.0. The number of rotatable bonds is 2. The molecule has 1 heterocycles. The van der Waals surface area contributed by atoms with Crippen molar-refractivity contribution in [2.75, 3.05) is 27.8 Å². The lowest BCUT2D eigenvalue weighted by molar-refractivity contribution is -0.214. The fourth-order valence-electron chi connectivity index (χ4n) is 2.64. The second kappa shape index (κ2) is 4.17. The second-order valence-corrected chi connectivity index (χ2v) is 4.61. The molecule has 4 atom stereocenters. The van der Waals surface area contributed by atoms with Gasteiger partial charge in [-0.1, -0.05) is 13.8 Å². The fourth-order valence-corrected chi connectivity index (χ4v) is 2.64. The summed E-state index contributed by atoms with van der Waals surface area (Å²) in [6.45, 7) is 7.59. The Balaban J connectivity index is 2.88. The van der Waals surface area contributed by atoms with Crippen LogP contribution < -0.4 is 0 Å². The monoisotopic (exact) mass is 201 g/mol. The quantitative estimate of drug-likeness (QED) is 0.677. The minimum Gasteiger partial charge on any atom is -0.381 e. The van der Waals surface area contributed by atoms with E-state index in [0.717, 1.165) is 6.54 Å². The highest BCUT2D eigenvalue weighted by Crippen LogP contribution is 2.36. The molecule has 0 aromatic heterocycles. The average molecular weight is 201 g/mol. The molecular weight excluding hydrogens is 178 g/mol. The van der Waals surface area contributed by atoms with Crippen LogP contribution in [0.15, 0.2) is 0 Å². The Morgan fingerprint density at radius 1 is 1.29 bits per heavy atom. The lowest BCUT2D eigenvalue weighted by Crippen LogP contribution is -2.61. The zero-order chi connectivity index (χ0) is 10.9. The normalized spacial score (nSPS) is 45.4. The van der Waals surface area contributed by atoms with Gasteiger partial charge in [-0.3, -0.25) is 4.90 Å². The largest absolute Gasteiger partial charge is 0.381 e. The van der Waals surface area contributed by atoms with Gasteiger partial charge < -0.3 is 9.47 Å². The number of hydrogen-bond acceptors (Lipinski definition) is 3. The Morgan fingerprint density at radius 2 is 1.86 bits per heavy atom. The molecule has 3 nitrogen and oxygen atoms in total. The zero-order valence-electron chi connectivity index (χ0n) is 10.2. The Kier molecular flexibility index (Phi) is 3.56. The van der Waals surface area contributed by atoms with Crippen molar-refractivity contribution in [3.63, 3.8) is 0 Å². The molecule has 0 amide bonds. The molecule has 0 radical (unpaired) electrons. The van der Waals surface area contributed by atoms with Crippen LogP contribution in [-0.4, -0.2) is 44.5 Å². The van der Waals surface area contributed by atoms with E-state index in [-0.39, 0.29) is 11.8 Å². The molecule has 3 heteroatoms. The van der Waals surface area contributed by atoms with E-state index >= 15 is 0 Å². The average Bonchev–Trinajstić information content (AvgIpc) is 2.15. The van der Waals surface area contributed by atoms with Gasteiger partial charge in [0.2, 0.25) is 0 Å². The van der Waals surface area contributed by atoms with Gasteiger partial charge in [-0.25, -0.2) is 0 Å². The predicted octanol–water partition coefficient (Wildman–Crippen LogP) is 1.58. The van der Waals surface area contributed by atoms with Crippen molar-refractivity contribution in [3.05, 3.63) is 0 Å². The summed E-state index contributed by atoms with van der Waals surface area (Å²) >= 11 is 0. The van der Waals surface area contributed by atoms with E-state index in [0.29, 0.717) is 11.8 Å². The molecule has 1 aliphatic heterocycles. The Bertz CT molecular complexity index is 198. The third-order valence-electron chi connectivity index (χ3n) is 3.90. The first-order chi connectivity index (χ1) is 6.47. The van der Waals surface area contributed by atoms with E-state index in [1.54, 1.807) is 14.2 Å². The van der Waals surface area contributed by atoms with Gasteiger partial charge >= 0.3 is 0 Å². The molecule has 4 unspecified atom stereocenters. The number of likely N-dealkylation sites (tertiary alicyclic amines) is 1. The van der Waals surface area contributed by atoms with Crippen molar-refractivity contribution in [3.8, 4) is 0 Å². The van der Waals surface area contributed by atoms with Crippen molar-refractivity contribution in [2.45, 2.75) is 32.6 Å². The van der Waals surface area contributed by atoms with Crippen molar-refractivity contribution in [1.82, 2.24) is 4.90 Å². The summed E-state index contributed by atoms with van der Waals surface area (Å²) in [7, 11) is 5.68. The Hall–Kier alpha value is -0.120. The van der Waals surface area contributed by atoms with Gasteiger partial charge in [-0.2, -0.15) is 0 Å². The maximum atomic E-state index is 5.63. The minimum atomic E-state index is -0.201. The zero-order valence-corrected chi connectivity index (χ0v) is 10.2. The number of hydrogen-bond donors (Lipinski definition) is 0. The van der Waals surface area contributed by atoms with E-state index in [9.17, 15) is 0 Å². The summed E-state index contributed by atoms with van der Waals surface area (Å²) in [5, 5.41) is 0. The number of methoxy groups -OCH3 is 2. The molecule has 84 valence electrons. The van der Waals surface area contributed by atoms with Gasteiger partial charge in [0.25, 0.3) is 0 Å². The number of ether oxygens (including phenoxy) is 2. The summed E-state index contributed by atoms with van der Waals surface area (Å²) in [6, 6.07) is 0. The molecule has 0 N–H and O–H groups in total. The summed E-state index contributed by atoms with van der Waals surface area (Å²) in [5.41, 5.74) is -0.201. The smallest absolute Gasteiger partial charge is 0.123 e. The van der Waals surface area contributed by atoms with Crippen LogP contribution in [-0.2, 0) is 9.47 Å². The molecule has 0 aromatic rings. The number of nitrogens with zero attached hydrogens (tertiary/aromatic N) is 1. The third kappa shape index (κ3) is 1.69. The highest BCUT2D eigenvalue weighted by Gasteiger charge is 2.46. The summed E-state index contributed by atoms with van der Waals surface area (Å²) < 4.78 is 11.2. The third-order valence-corrected chi connectivity index (χ3v) is 3.90. The first-order valence-electron chi connectivity index (χ1n) is 5.26. The maximum Gasteiger partial charge on any atom is 0.123 e. The Morgan fingerprint density at radius 3 is 2.29 bits per heavy atom. The fraction of sp³-hybridized carbons (Fsp3) is 1.00. The van der Waals surface area contributed by atoms with E-state index < -0.39 is 0 Å². The van der Waals surface area contributed by atoms with Gasteiger partial charge in [0, 0.05) is 26.7 Å². The standard InChI is InChI=1S/C11H23NO2/c1-8-7-12(4)11(3,14-6)9(2)10(8)13-5/h8-10H,7H2,1-6H3. The van der Waals surface area contributed by atoms with E-state index in [2.05, 4.69) is 32.7 Å². The minimum absolute atomic E-state index is 0.201. The maximum absolute atomic E-state index is 5.63. The molecule has 0 aromatic carbocycles. The van der Waals surface area contributed by atoms with Gasteiger partial charge in [0.1, 0.15) is 5.72 Å². The van der Waals surface area contributed by atoms with Crippen LogP contribution in [0.4, 0.5) is 0 Å². The van der Waals surface area contributed by atoms with Gasteiger partial charge in [0.05, 0.1) is 6.10 Å². The summed E-state index contributed by atoms with van der Waals surface area (Å²) in [5.74, 6) is 0.939. The molecule has 1 aliphatic rings. The molecule has 0 saturated carbocycles. The van der Waals surface area contributed by atoms with Crippen LogP contribution in [0.25, 0.3) is 0 Å². The predicted molar refractivity (Wildman–Crippen MR) is 57.2 cm³/mol. The van der Waals surface area contributed by atoms with Crippen molar-refractivity contribution in [1.29, 1.82) is 0 Å². The molecule has 1 fully saturated rings. The summed E-state index contributed by atoms with van der Waals surface area (Å²) in [4.78, 5) is 2.28. The van der Waals surface area contributed by atoms with Crippen LogP contribution in [0.3, 0.4) is 0 Å². The van der Waals surface area contributed by atoms with E-state index in [1.807, 2.05) is 0 Å². The van der Waals surface area contributed by atoms with Crippen LogP contribution in [0, 0.1) is 11.8 Å². The van der Waals surface area contributed by atoms with Gasteiger partial charge in [-0.15, -0.1) is 0 Å². The van der Waals surface area contributed by atoms with Crippen molar-refractivity contribution < 1.29 is 9.47 Å². The first-order valence-corrected chi connectivity index (χ1v) is 5.26. The van der Waals surface area contributed by atoms with Crippen LogP contribution >= 0.6 is 0 Å². The molecule has 0 bridgehead atoms. The van der Waals surface area contributed by atoms with E-state index in [4.69, 9.17) is 9.47 Å². The highest BCUT2D eigenvalue weighted by atomic mass is 16.5. The highest BCUT2D eigenvalue weighted by molar-refractivity contribution is 4.93. The topological polar surface area (TPSA) is 21.7 Å². The second-order valence-electron chi connectivity index (χ2n) is 4.61. The number of piperidine rings is 1.